The molecule has 1 spiro atoms. The van der Waals surface area contributed by atoms with E-state index in [-0.39, 0.29) is 42.1 Å². The fourth-order valence-corrected chi connectivity index (χ4v) is 8.05. The van der Waals surface area contributed by atoms with Crippen LogP contribution in [-0.2, 0) is 18.9 Å². The zero-order valence-corrected chi connectivity index (χ0v) is 32.0. The number of anilines is 3. The van der Waals surface area contributed by atoms with Gasteiger partial charge >= 0.3 is 12.2 Å². The Morgan fingerprint density at radius 2 is 1.87 bits per heavy atom. The highest BCUT2D eigenvalue weighted by Crippen LogP contribution is 2.44. The molecule has 0 aromatic carbocycles. The normalized spacial score (nSPS) is 24.4. The van der Waals surface area contributed by atoms with Crippen LogP contribution >= 0.6 is 0 Å². The van der Waals surface area contributed by atoms with Crippen LogP contribution in [0.1, 0.15) is 104 Å². The third kappa shape index (κ3) is 7.47. The number of pyridine rings is 1. The third-order valence-corrected chi connectivity index (χ3v) is 10.9. The number of amides is 2. The predicted octanol–water partition coefficient (Wildman–Crippen LogP) is 5.35. The van der Waals surface area contributed by atoms with E-state index in [2.05, 4.69) is 32.5 Å². The van der Waals surface area contributed by atoms with Crippen molar-refractivity contribution < 1.29 is 33.7 Å². The van der Waals surface area contributed by atoms with Crippen LogP contribution in [0.3, 0.4) is 0 Å². The average molecular weight is 749 g/mol. The van der Waals surface area contributed by atoms with E-state index < -0.39 is 17.8 Å². The molecule has 17 heteroatoms. The standard InChI is InChI=1S/C37H52N10O7/c1-7-51-34(48)42-31(44-50)24-11-12-25-28(39-24)22(2)13-16-46(25)33-29-32(47(43-33)27-10-8-9-19-52-27)40-26(20-38-29)45-17-14-37(15-18-45)21-53-23(3)30(37)41-35(49)54-36(4,5)6/h11-12,20,22-23,27,30,50H,7-10,13-19,21H2,1-6H3,(H,41,49)(H,42,44,48)/t22-,23-,27?,30+/m0/s1. The van der Waals surface area contributed by atoms with Gasteiger partial charge in [0.15, 0.2) is 23.2 Å². The van der Waals surface area contributed by atoms with Crippen LogP contribution in [0.25, 0.3) is 11.2 Å². The number of hydrogen-bond acceptors (Lipinski definition) is 14. The van der Waals surface area contributed by atoms with Gasteiger partial charge in [-0.25, -0.2) is 29.2 Å². The number of fused-ring (bicyclic) bond motifs is 2. The highest BCUT2D eigenvalue weighted by molar-refractivity contribution is 6.05. The van der Waals surface area contributed by atoms with Crippen molar-refractivity contribution in [3.05, 3.63) is 29.7 Å². The lowest BCUT2D eigenvalue weighted by Crippen LogP contribution is -2.55. The molecule has 0 radical (unpaired) electrons. The molecule has 2 amide bonds. The number of nitrogens with one attached hydrogen (secondary N) is 2. The molecular formula is C37H52N10O7. The molecule has 54 heavy (non-hydrogen) atoms. The minimum atomic E-state index is -0.731. The molecule has 7 rings (SSSR count). The first kappa shape index (κ1) is 37.5. The molecule has 3 N–H and O–H groups in total. The SMILES string of the molecule is CCOC(=O)N/C(=N\O)c1ccc2c(n1)[C@@H](C)CCN2c1nn(C2CCCCO2)c2nc(N3CCC4(CC3)CO[C@@H](C)[C@H]4NC(=O)OC(C)(C)C)cnc12. The van der Waals surface area contributed by atoms with Gasteiger partial charge in [0.05, 0.1) is 42.9 Å². The van der Waals surface area contributed by atoms with E-state index in [0.29, 0.717) is 42.4 Å². The van der Waals surface area contributed by atoms with E-state index in [9.17, 15) is 14.8 Å². The highest BCUT2D eigenvalue weighted by Gasteiger charge is 2.50. The zero-order chi connectivity index (χ0) is 38.2. The number of nitrogens with zero attached hydrogens (tertiary/aromatic N) is 8. The smallest absolute Gasteiger partial charge is 0.412 e. The second-order valence-electron chi connectivity index (χ2n) is 15.7. The van der Waals surface area contributed by atoms with Gasteiger partial charge in [0.1, 0.15) is 17.1 Å². The fraction of sp³-hybridized carbons (Fsp3) is 0.649. The summed E-state index contributed by atoms with van der Waals surface area (Å²) in [5, 5.41) is 23.7. The number of ether oxygens (including phenoxy) is 4. The predicted molar refractivity (Wildman–Crippen MR) is 199 cm³/mol. The molecule has 3 fully saturated rings. The van der Waals surface area contributed by atoms with Gasteiger partial charge in [-0.3, -0.25) is 5.32 Å². The fourth-order valence-electron chi connectivity index (χ4n) is 8.05. The zero-order valence-electron chi connectivity index (χ0n) is 32.0. The van der Waals surface area contributed by atoms with Crippen LogP contribution in [0.2, 0.25) is 0 Å². The van der Waals surface area contributed by atoms with E-state index in [0.717, 1.165) is 68.8 Å². The first-order valence-electron chi connectivity index (χ1n) is 19.1. The van der Waals surface area contributed by atoms with Gasteiger partial charge in [-0.2, -0.15) is 0 Å². The quantitative estimate of drug-likeness (QED) is 0.127. The van der Waals surface area contributed by atoms with Gasteiger partial charge in [-0.1, -0.05) is 12.1 Å². The Hall–Kier alpha value is -4.77. The van der Waals surface area contributed by atoms with Crippen molar-refractivity contribution >= 4 is 46.5 Å². The molecule has 7 heterocycles. The van der Waals surface area contributed by atoms with Crippen LogP contribution in [0, 0.1) is 5.41 Å². The summed E-state index contributed by atoms with van der Waals surface area (Å²) in [6.07, 6.45) is 5.49. The lowest BCUT2D eigenvalue weighted by Gasteiger charge is -2.42. The van der Waals surface area contributed by atoms with E-state index in [4.69, 9.17) is 39.0 Å². The first-order chi connectivity index (χ1) is 25.9. The first-order valence-corrected chi connectivity index (χ1v) is 19.1. The molecule has 17 nitrogen and oxygen atoms in total. The Bertz CT molecular complexity index is 1880. The minimum Gasteiger partial charge on any atom is -0.450 e. The number of amidine groups is 1. The summed E-state index contributed by atoms with van der Waals surface area (Å²) < 4.78 is 24.8. The minimum absolute atomic E-state index is 0.0843. The number of carbonyl (C=O) groups is 2. The summed E-state index contributed by atoms with van der Waals surface area (Å²) in [6, 6.07) is 3.44. The van der Waals surface area contributed by atoms with Crippen LogP contribution < -0.4 is 20.4 Å². The monoisotopic (exact) mass is 748 g/mol. The van der Waals surface area contributed by atoms with Crippen molar-refractivity contribution in [2.75, 3.05) is 49.3 Å². The van der Waals surface area contributed by atoms with Crippen molar-refractivity contribution in [2.45, 2.75) is 110 Å². The Labute approximate surface area is 314 Å². The summed E-state index contributed by atoms with van der Waals surface area (Å²) in [5.41, 5.74) is 2.44. The number of hydrogen-bond donors (Lipinski definition) is 3. The van der Waals surface area contributed by atoms with Gasteiger partial charge in [-0.05, 0) is 85.3 Å². The maximum atomic E-state index is 12.8. The largest absolute Gasteiger partial charge is 0.450 e. The van der Waals surface area contributed by atoms with Crippen molar-refractivity contribution in [3.63, 3.8) is 0 Å². The maximum Gasteiger partial charge on any atom is 0.412 e. The van der Waals surface area contributed by atoms with Crippen LogP contribution in [0.5, 0.6) is 0 Å². The van der Waals surface area contributed by atoms with Gasteiger partial charge in [-0.15, -0.1) is 5.10 Å². The lowest BCUT2D eigenvalue weighted by molar-refractivity contribution is -0.0368. The molecule has 4 atom stereocenters. The average Bonchev–Trinajstić information content (AvgIpc) is 3.67. The molecule has 0 aliphatic carbocycles. The maximum absolute atomic E-state index is 12.8. The molecule has 4 aliphatic rings. The third-order valence-electron chi connectivity index (χ3n) is 10.9. The summed E-state index contributed by atoms with van der Waals surface area (Å²) in [6.45, 7) is 14.9. The van der Waals surface area contributed by atoms with Crippen molar-refractivity contribution in [3.8, 4) is 0 Å². The van der Waals surface area contributed by atoms with Gasteiger partial charge in [0.25, 0.3) is 0 Å². The molecular weight excluding hydrogens is 696 g/mol. The number of alkyl carbamates (subject to hydrolysis) is 2. The number of aromatic nitrogens is 5. The molecule has 4 aliphatic heterocycles. The van der Waals surface area contributed by atoms with Crippen LogP contribution in [-0.4, -0.2) is 105 Å². The highest BCUT2D eigenvalue weighted by atomic mass is 16.6. The summed E-state index contributed by atoms with van der Waals surface area (Å²) in [7, 11) is 0. The second kappa shape index (κ2) is 15.2. The Balaban J connectivity index is 1.17. The molecule has 3 saturated heterocycles. The van der Waals surface area contributed by atoms with Crippen molar-refractivity contribution in [1.82, 2.24) is 35.4 Å². The molecule has 1 unspecified atom stereocenters. The molecule has 292 valence electrons. The van der Waals surface area contributed by atoms with Crippen molar-refractivity contribution in [1.29, 1.82) is 0 Å². The van der Waals surface area contributed by atoms with Crippen molar-refractivity contribution in [2.24, 2.45) is 10.6 Å². The van der Waals surface area contributed by atoms with E-state index in [1.165, 1.54) is 0 Å². The Morgan fingerprint density at radius 1 is 1.07 bits per heavy atom. The lowest BCUT2D eigenvalue weighted by atomic mass is 9.73. The number of piperidine rings is 1. The van der Waals surface area contributed by atoms with E-state index in [1.807, 2.05) is 44.6 Å². The topological polar surface area (TPSA) is 191 Å². The Kier molecular flexibility index (Phi) is 10.5. The van der Waals surface area contributed by atoms with E-state index in [1.54, 1.807) is 13.0 Å². The molecule has 0 bridgehead atoms. The molecule has 3 aromatic heterocycles. The van der Waals surface area contributed by atoms with Gasteiger partial charge in [0.2, 0.25) is 5.84 Å². The number of rotatable bonds is 6. The van der Waals surface area contributed by atoms with Gasteiger partial charge < -0.3 is 39.3 Å². The molecule has 0 saturated carbocycles. The van der Waals surface area contributed by atoms with Crippen LogP contribution in [0.15, 0.2) is 23.5 Å². The summed E-state index contributed by atoms with van der Waals surface area (Å²) in [5.74, 6) is 1.40. The number of oxime groups is 1. The number of carbonyl (C=O) groups excluding carboxylic acids is 2. The summed E-state index contributed by atoms with van der Waals surface area (Å²) in [4.78, 5) is 44.3. The second-order valence-corrected chi connectivity index (χ2v) is 15.7. The van der Waals surface area contributed by atoms with Gasteiger partial charge in [0, 0.05) is 37.6 Å². The van der Waals surface area contributed by atoms with E-state index >= 15 is 0 Å². The summed E-state index contributed by atoms with van der Waals surface area (Å²) >= 11 is 0. The van der Waals surface area contributed by atoms with Crippen LogP contribution in [0.4, 0.5) is 26.9 Å². The molecule has 3 aromatic rings. The Morgan fingerprint density at radius 3 is 2.57 bits per heavy atom.